The molecule has 0 aliphatic carbocycles. The molecule has 0 aromatic carbocycles. The first-order chi connectivity index (χ1) is 10.7. The third kappa shape index (κ3) is 3.07. The molecule has 3 heterocycles. The number of thiazole rings is 1. The molecule has 0 bridgehead atoms. The van der Waals surface area contributed by atoms with E-state index in [0.717, 1.165) is 10.6 Å². The zero-order chi connectivity index (χ0) is 15.4. The second kappa shape index (κ2) is 6.27. The van der Waals surface area contributed by atoms with Crippen LogP contribution in [0.5, 0.6) is 0 Å². The molecule has 22 heavy (non-hydrogen) atoms. The van der Waals surface area contributed by atoms with Gasteiger partial charge >= 0.3 is 0 Å². The van der Waals surface area contributed by atoms with Crippen LogP contribution in [0, 0.1) is 6.92 Å². The van der Waals surface area contributed by atoms with E-state index in [1.54, 1.807) is 37.8 Å². The molecular weight excluding hydrogens is 300 g/mol. The number of hydrogen-bond donors (Lipinski definition) is 2. The maximum Gasteiger partial charge on any atom is 0.281 e. The highest BCUT2D eigenvalue weighted by atomic mass is 32.1. The van der Waals surface area contributed by atoms with Crippen LogP contribution < -0.4 is 10.9 Å². The van der Waals surface area contributed by atoms with E-state index in [9.17, 15) is 4.79 Å². The fourth-order valence-corrected chi connectivity index (χ4v) is 2.70. The summed E-state index contributed by atoms with van der Waals surface area (Å²) in [5, 5.41) is 0.756. The van der Waals surface area contributed by atoms with Gasteiger partial charge in [0.05, 0.1) is 5.69 Å². The molecule has 3 aromatic heterocycles. The van der Waals surface area contributed by atoms with Gasteiger partial charge in [0.15, 0.2) is 0 Å². The first-order valence-electron chi connectivity index (χ1n) is 6.45. The molecule has 3 aromatic rings. The molecule has 0 radical (unpaired) electrons. The Kier molecular flexibility index (Phi) is 4.01. The Balaban J connectivity index is 1.74. The van der Waals surface area contributed by atoms with Crippen molar-refractivity contribution >= 4 is 23.2 Å². The van der Waals surface area contributed by atoms with Crippen LogP contribution in [0.3, 0.4) is 0 Å². The summed E-state index contributed by atoms with van der Waals surface area (Å²) < 4.78 is 0. The zero-order valence-corrected chi connectivity index (χ0v) is 12.5. The molecule has 0 spiro atoms. The van der Waals surface area contributed by atoms with Crippen molar-refractivity contribution in [1.82, 2.24) is 25.4 Å². The average Bonchev–Trinajstić information content (AvgIpc) is 2.96. The molecule has 8 heteroatoms. The summed E-state index contributed by atoms with van der Waals surface area (Å²) in [6.45, 7) is 1.80. The van der Waals surface area contributed by atoms with Gasteiger partial charge in [0.1, 0.15) is 9.88 Å². The molecule has 0 saturated heterocycles. The third-order valence-electron chi connectivity index (χ3n) is 2.76. The zero-order valence-electron chi connectivity index (χ0n) is 11.6. The summed E-state index contributed by atoms with van der Waals surface area (Å²) in [5.41, 5.74) is 6.77. The summed E-state index contributed by atoms with van der Waals surface area (Å²) in [5.74, 6) is 0.0445. The monoisotopic (exact) mass is 312 g/mol. The SMILES string of the molecule is Cc1nc(-c2cccnc2)sc1C(=O)NNc1ncccn1. The number of aromatic nitrogens is 4. The number of rotatable bonds is 4. The van der Waals surface area contributed by atoms with Gasteiger partial charge in [-0.3, -0.25) is 20.6 Å². The highest BCUT2D eigenvalue weighted by Gasteiger charge is 2.16. The van der Waals surface area contributed by atoms with Gasteiger partial charge in [-0.2, -0.15) is 0 Å². The number of pyridine rings is 1. The summed E-state index contributed by atoms with van der Waals surface area (Å²) in [4.78, 5) is 29.1. The topological polar surface area (TPSA) is 92.7 Å². The van der Waals surface area contributed by atoms with Crippen LogP contribution in [0.4, 0.5) is 5.95 Å². The molecule has 0 aliphatic heterocycles. The van der Waals surface area contributed by atoms with E-state index in [-0.39, 0.29) is 5.91 Å². The van der Waals surface area contributed by atoms with Crippen LogP contribution in [0.15, 0.2) is 43.0 Å². The summed E-state index contributed by atoms with van der Waals surface area (Å²) >= 11 is 1.31. The van der Waals surface area contributed by atoms with Crippen molar-refractivity contribution in [3.8, 4) is 10.6 Å². The number of hydrogen-bond acceptors (Lipinski definition) is 7. The molecule has 0 saturated carbocycles. The minimum Gasteiger partial charge on any atom is -0.266 e. The van der Waals surface area contributed by atoms with Crippen molar-refractivity contribution in [3.05, 3.63) is 53.6 Å². The number of carbonyl (C=O) groups excluding carboxylic acids is 1. The van der Waals surface area contributed by atoms with E-state index in [4.69, 9.17) is 0 Å². The minimum atomic E-state index is -0.280. The van der Waals surface area contributed by atoms with Gasteiger partial charge in [0.2, 0.25) is 5.95 Å². The van der Waals surface area contributed by atoms with Gasteiger partial charge in [-0.25, -0.2) is 15.0 Å². The van der Waals surface area contributed by atoms with E-state index in [0.29, 0.717) is 16.5 Å². The Morgan fingerprint density at radius 1 is 1.18 bits per heavy atom. The van der Waals surface area contributed by atoms with Gasteiger partial charge < -0.3 is 0 Å². The first-order valence-corrected chi connectivity index (χ1v) is 7.27. The smallest absolute Gasteiger partial charge is 0.266 e. The van der Waals surface area contributed by atoms with E-state index < -0.39 is 0 Å². The van der Waals surface area contributed by atoms with Crippen molar-refractivity contribution in [1.29, 1.82) is 0 Å². The van der Waals surface area contributed by atoms with Crippen molar-refractivity contribution in [2.45, 2.75) is 6.92 Å². The Morgan fingerprint density at radius 2 is 2.00 bits per heavy atom. The van der Waals surface area contributed by atoms with Crippen molar-refractivity contribution in [2.24, 2.45) is 0 Å². The molecule has 3 rings (SSSR count). The second-order valence-corrected chi connectivity index (χ2v) is 5.33. The van der Waals surface area contributed by atoms with E-state index in [2.05, 4.69) is 30.8 Å². The van der Waals surface area contributed by atoms with Gasteiger partial charge in [0.25, 0.3) is 5.91 Å². The molecule has 2 N–H and O–H groups in total. The van der Waals surface area contributed by atoms with Crippen LogP contribution in [-0.2, 0) is 0 Å². The molecule has 7 nitrogen and oxygen atoms in total. The number of nitrogens with one attached hydrogen (secondary N) is 2. The number of hydrazine groups is 1. The van der Waals surface area contributed by atoms with Crippen molar-refractivity contribution < 1.29 is 4.79 Å². The quantitative estimate of drug-likeness (QED) is 0.716. The normalized spacial score (nSPS) is 10.2. The summed E-state index contributed by atoms with van der Waals surface area (Å²) in [6, 6.07) is 5.43. The Labute approximate surface area is 130 Å². The lowest BCUT2D eigenvalue weighted by molar-refractivity contribution is 0.0965. The molecule has 0 atom stereocenters. The fourth-order valence-electron chi connectivity index (χ4n) is 1.75. The van der Waals surface area contributed by atoms with Gasteiger partial charge in [-0.1, -0.05) is 0 Å². The number of carbonyl (C=O) groups is 1. The lowest BCUT2D eigenvalue weighted by Gasteiger charge is -2.04. The molecule has 1 amide bonds. The van der Waals surface area contributed by atoms with Crippen LogP contribution in [0.2, 0.25) is 0 Å². The van der Waals surface area contributed by atoms with Gasteiger partial charge in [-0.05, 0) is 25.1 Å². The maximum absolute atomic E-state index is 12.2. The molecular formula is C14H12N6OS. The minimum absolute atomic E-state index is 0.280. The number of aryl methyl sites for hydroxylation is 1. The van der Waals surface area contributed by atoms with Crippen molar-refractivity contribution in [2.75, 3.05) is 5.43 Å². The number of anilines is 1. The Bertz CT molecular complexity index is 775. The largest absolute Gasteiger partial charge is 0.281 e. The third-order valence-corrected chi connectivity index (χ3v) is 3.97. The predicted molar refractivity (Wildman–Crippen MR) is 83.2 cm³/mol. The van der Waals surface area contributed by atoms with E-state index >= 15 is 0 Å². The first kappa shape index (κ1) is 14.1. The lowest BCUT2D eigenvalue weighted by Crippen LogP contribution is -2.30. The highest BCUT2D eigenvalue weighted by molar-refractivity contribution is 7.17. The Hall–Kier alpha value is -2.87. The highest BCUT2D eigenvalue weighted by Crippen LogP contribution is 2.27. The van der Waals surface area contributed by atoms with Crippen LogP contribution >= 0.6 is 11.3 Å². The summed E-state index contributed by atoms with van der Waals surface area (Å²) in [6.07, 6.45) is 6.58. The van der Waals surface area contributed by atoms with Crippen LogP contribution in [0.1, 0.15) is 15.4 Å². The van der Waals surface area contributed by atoms with Crippen LogP contribution in [-0.4, -0.2) is 25.8 Å². The van der Waals surface area contributed by atoms with Gasteiger partial charge in [-0.15, -0.1) is 11.3 Å². The summed E-state index contributed by atoms with van der Waals surface area (Å²) in [7, 11) is 0. The number of nitrogens with zero attached hydrogens (tertiary/aromatic N) is 4. The van der Waals surface area contributed by atoms with Crippen LogP contribution in [0.25, 0.3) is 10.6 Å². The van der Waals surface area contributed by atoms with Gasteiger partial charge in [0, 0.05) is 30.4 Å². The number of amides is 1. The van der Waals surface area contributed by atoms with E-state index in [1.165, 1.54) is 11.3 Å². The lowest BCUT2D eigenvalue weighted by atomic mass is 10.3. The molecule has 0 fully saturated rings. The molecule has 0 aliphatic rings. The van der Waals surface area contributed by atoms with E-state index in [1.807, 2.05) is 12.1 Å². The molecule has 110 valence electrons. The average molecular weight is 312 g/mol. The fraction of sp³-hybridized carbons (Fsp3) is 0.0714. The van der Waals surface area contributed by atoms with Crippen molar-refractivity contribution in [3.63, 3.8) is 0 Å². The second-order valence-electron chi connectivity index (χ2n) is 4.33. The molecule has 0 unspecified atom stereocenters. The predicted octanol–water partition coefficient (Wildman–Crippen LogP) is 2.06. The standard InChI is InChI=1S/C14H12N6OS/c1-9-11(12(21)19-20-14-16-6-3-7-17-14)22-13(18-9)10-4-2-5-15-8-10/h2-8H,1H3,(H,19,21)(H,16,17,20). The maximum atomic E-state index is 12.2. The Morgan fingerprint density at radius 3 is 2.73 bits per heavy atom.